The van der Waals surface area contributed by atoms with Crippen LogP contribution in [0.25, 0.3) is 11.1 Å². The van der Waals surface area contributed by atoms with Crippen LogP contribution in [0.4, 0.5) is 0 Å². The fourth-order valence-electron chi connectivity index (χ4n) is 4.51. The predicted octanol–water partition coefficient (Wildman–Crippen LogP) is 6.81. The lowest BCUT2D eigenvalue weighted by atomic mass is 9.60. The van der Waals surface area contributed by atoms with E-state index in [9.17, 15) is 0 Å². The van der Waals surface area contributed by atoms with Crippen LogP contribution < -0.4 is 0 Å². The van der Waals surface area contributed by atoms with Crippen LogP contribution in [0.15, 0.2) is 46.9 Å². The third-order valence-electron chi connectivity index (χ3n) is 5.87. The molecule has 2 aromatic carbocycles. The van der Waals surface area contributed by atoms with Crippen molar-refractivity contribution in [2.45, 2.75) is 46.0 Å². The zero-order valence-corrected chi connectivity index (χ0v) is 15.6. The molecule has 1 heteroatoms. The fourth-order valence-corrected chi connectivity index (χ4v) is 4.87. The molecule has 3 rings (SSSR count). The van der Waals surface area contributed by atoms with E-state index in [2.05, 4.69) is 86.1 Å². The number of halogens is 1. The molecule has 1 aliphatic rings. The van der Waals surface area contributed by atoms with Gasteiger partial charge in [0.2, 0.25) is 0 Å². The van der Waals surface area contributed by atoms with E-state index < -0.39 is 0 Å². The van der Waals surface area contributed by atoms with E-state index in [1.165, 1.54) is 39.6 Å². The third kappa shape index (κ3) is 2.01. The molecule has 0 bridgehead atoms. The first-order valence-corrected chi connectivity index (χ1v) is 9.26. The van der Waals surface area contributed by atoms with Gasteiger partial charge in [-0.2, -0.15) is 0 Å². The Morgan fingerprint density at radius 2 is 1.45 bits per heavy atom. The molecule has 22 heavy (non-hydrogen) atoms. The molecule has 0 spiro atoms. The van der Waals surface area contributed by atoms with Gasteiger partial charge in [-0.15, -0.1) is 0 Å². The lowest BCUT2D eigenvalue weighted by Crippen LogP contribution is -2.39. The first-order valence-electron chi connectivity index (χ1n) is 8.47. The average molecular weight is 357 g/mol. The van der Waals surface area contributed by atoms with Crippen molar-refractivity contribution in [2.75, 3.05) is 0 Å². The molecule has 116 valence electrons. The van der Waals surface area contributed by atoms with Gasteiger partial charge in [-0.25, -0.2) is 0 Å². The number of hydrogen-bond acceptors (Lipinski definition) is 0. The number of benzene rings is 2. The largest absolute Gasteiger partial charge is 0.0651 e. The highest BCUT2D eigenvalue weighted by Gasteiger charge is 2.49. The topological polar surface area (TPSA) is 0 Å². The molecular formula is C21H25Br. The maximum absolute atomic E-state index is 3.70. The lowest BCUT2D eigenvalue weighted by Gasteiger charge is -2.43. The molecule has 0 N–H and O–H groups in total. The second-order valence-corrected chi connectivity index (χ2v) is 7.64. The fraction of sp³-hybridized carbons (Fsp3) is 0.429. The summed E-state index contributed by atoms with van der Waals surface area (Å²) < 4.78 is 1.19. The first kappa shape index (κ1) is 15.8. The molecular weight excluding hydrogens is 332 g/mol. The maximum Gasteiger partial charge on any atom is 0.0266 e. The van der Waals surface area contributed by atoms with Gasteiger partial charge in [-0.1, -0.05) is 86.8 Å². The van der Waals surface area contributed by atoms with Gasteiger partial charge in [0.1, 0.15) is 0 Å². The van der Waals surface area contributed by atoms with Crippen LogP contribution >= 0.6 is 15.9 Å². The Hall–Kier alpha value is -1.08. The molecule has 0 radical (unpaired) electrons. The van der Waals surface area contributed by atoms with E-state index in [4.69, 9.17) is 0 Å². The predicted molar refractivity (Wildman–Crippen MR) is 99.3 cm³/mol. The van der Waals surface area contributed by atoms with Crippen molar-refractivity contribution in [2.24, 2.45) is 11.8 Å². The average Bonchev–Trinajstić information content (AvgIpc) is 2.84. The van der Waals surface area contributed by atoms with Gasteiger partial charge >= 0.3 is 0 Å². The van der Waals surface area contributed by atoms with E-state index >= 15 is 0 Å². The van der Waals surface area contributed by atoms with Crippen molar-refractivity contribution in [1.29, 1.82) is 0 Å². The molecule has 0 aliphatic heterocycles. The van der Waals surface area contributed by atoms with Gasteiger partial charge in [0.25, 0.3) is 0 Å². The highest BCUT2D eigenvalue weighted by atomic mass is 79.9. The van der Waals surface area contributed by atoms with Crippen molar-refractivity contribution < 1.29 is 0 Å². The number of hydrogen-bond donors (Lipinski definition) is 0. The minimum atomic E-state index is 0.138. The van der Waals surface area contributed by atoms with Gasteiger partial charge in [0.15, 0.2) is 0 Å². The van der Waals surface area contributed by atoms with Gasteiger partial charge < -0.3 is 0 Å². The summed E-state index contributed by atoms with van der Waals surface area (Å²) in [5.74, 6) is 1.25. The Bertz CT molecular complexity index is 676. The normalized spacial score (nSPS) is 22.0. The zero-order chi connectivity index (χ0) is 15.9. The monoisotopic (exact) mass is 356 g/mol. The highest BCUT2D eigenvalue weighted by molar-refractivity contribution is 9.10. The molecule has 0 saturated heterocycles. The summed E-state index contributed by atoms with van der Waals surface area (Å²) >= 11 is 3.70. The van der Waals surface area contributed by atoms with Crippen molar-refractivity contribution in [3.05, 3.63) is 58.1 Å². The van der Waals surface area contributed by atoms with Crippen LogP contribution in [0.3, 0.4) is 0 Å². The van der Waals surface area contributed by atoms with Gasteiger partial charge in [-0.05, 0) is 46.2 Å². The van der Waals surface area contributed by atoms with Gasteiger partial charge in [0, 0.05) is 9.89 Å². The Morgan fingerprint density at radius 1 is 0.864 bits per heavy atom. The summed E-state index contributed by atoms with van der Waals surface area (Å²) in [6.45, 7) is 9.51. The van der Waals surface area contributed by atoms with Gasteiger partial charge in [0.05, 0.1) is 0 Å². The van der Waals surface area contributed by atoms with Crippen LogP contribution in [-0.4, -0.2) is 0 Å². The molecule has 0 heterocycles. The van der Waals surface area contributed by atoms with E-state index in [0.717, 1.165) is 0 Å². The summed E-state index contributed by atoms with van der Waals surface area (Å²) in [6.07, 6.45) is 2.40. The molecule has 2 unspecified atom stereocenters. The molecule has 0 nitrogen and oxygen atoms in total. The second kappa shape index (κ2) is 5.85. The second-order valence-electron chi connectivity index (χ2n) is 6.72. The van der Waals surface area contributed by atoms with E-state index in [1.54, 1.807) is 0 Å². The Labute approximate surface area is 143 Å². The first-order chi connectivity index (χ1) is 10.6. The van der Waals surface area contributed by atoms with Crippen molar-refractivity contribution >= 4 is 15.9 Å². The summed E-state index contributed by atoms with van der Waals surface area (Å²) in [7, 11) is 0. The smallest absolute Gasteiger partial charge is 0.0266 e. The van der Waals surface area contributed by atoms with E-state index in [1.807, 2.05) is 0 Å². The molecule has 0 fully saturated rings. The van der Waals surface area contributed by atoms with Crippen LogP contribution in [0, 0.1) is 11.8 Å². The molecule has 0 aromatic heterocycles. The molecule has 0 amide bonds. The quantitative estimate of drug-likeness (QED) is 0.564. The zero-order valence-electron chi connectivity index (χ0n) is 14.0. The minimum absolute atomic E-state index is 0.138. The lowest BCUT2D eigenvalue weighted by molar-refractivity contribution is 0.235. The van der Waals surface area contributed by atoms with Crippen LogP contribution in [0.5, 0.6) is 0 Å². The maximum atomic E-state index is 3.70. The van der Waals surface area contributed by atoms with Crippen molar-refractivity contribution in [3.8, 4) is 11.1 Å². The summed E-state index contributed by atoms with van der Waals surface area (Å²) in [5.41, 5.74) is 6.06. The molecule has 1 aliphatic carbocycles. The molecule has 0 saturated carbocycles. The SMILES string of the molecule is CCC(C)C1(C(C)CC)c2ccccc2-c2ccc(Br)cc21. The van der Waals surface area contributed by atoms with E-state index in [0.29, 0.717) is 11.8 Å². The van der Waals surface area contributed by atoms with Crippen LogP contribution in [0.1, 0.15) is 51.7 Å². The third-order valence-corrected chi connectivity index (χ3v) is 6.36. The number of rotatable bonds is 4. The Balaban J connectivity index is 2.40. The Kier molecular flexibility index (Phi) is 4.20. The number of fused-ring (bicyclic) bond motifs is 3. The molecule has 2 atom stereocenters. The Morgan fingerprint density at radius 3 is 2.09 bits per heavy atom. The summed E-state index contributed by atoms with van der Waals surface area (Å²) in [4.78, 5) is 0. The summed E-state index contributed by atoms with van der Waals surface area (Å²) in [5, 5.41) is 0. The molecule has 2 aromatic rings. The van der Waals surface area contributed by atoms with Crippen LogP contribution in [-0.2, 0) is 5.41 Å². The highest BCUT2D eigenvalue weighted by Crippen LogP contribution is 2.58. The minimum Gasteiger partial charge on any atom is -0.0651 e. The standard InChI is InChI=1S/C21H25Br/c1-5-14(3)21(15(4)6-2)19-10-8-7-9-17(19)18-12-11-16(22)13-20(18)21/h7-15H,5-6H2,1-4H3. The van der Waals surface area contributed by atoms with E-state index in [-0.39, 0.29) is 5.41 Å². The summed E-state index contributed by atoms with van der Waals surface area (Å²) in [6, 6.07) is 15.9. The van der Waals surface area contributed by atoms with Crippen LogP contribution in [0.2, 0.25) is 0 Å². The van der Waals surface area contributed by atoms with Crippen molar-refractivity contribution in [1.82, 2.24) is 0 Å². The van der Waals surface area contributed by atoms with Crippen molar-refractivity contribution in [3.63, 3.8) is 0 Å². The van der Waals surface area contributed by atoms with Gasteiger partial charge in [-0.3, -0.25) is 0 Å².